The summed E-state index contributed by atoms with van der Waals surface area (Å²) in [5.41, 5.74) is 7.00. The molecular weight excluding hydrogens is 244 g/mol. The highest BCUT2D eigenvalue weighted by atomic mass is 16.5. The van der Waals surface area contributed by atoms with Gasteiger partial charge in [0.05, 0.1) is 6.10 Å². The van der Waals surface area contributed by atoms with E-state index in [0.717, 1.165) is 25.9 Å². The molecule has 1 atom stereocenters. The lowest BCUT2D eigenvalue weighted by Gasteiger charge is -2.25. The Bertz CT molecular complexity index is 600. The fourth-order valence-electron chi connectivity index (χ4n) is 3.16. The molecule has 0 spiro atoms. The standard InChI is InChI=1S/C19H22O/c1-3-20-18-11-10-15-12-17(9-8-16(15)13-18)19-7-5-4-6-14(19)2/h4-9,12,18H,3,10-11,13H2,1-2H3. The van der Waals surface area contributed by atoms with Crippen LogP contribution in [0.2, 0.25) is 0 Å². The topological polar surface area (TPSA) is 9.23 Å². The smallest absolute Gasteiger partial charge is 0.0618 e. The molecular formula is C19H22O. The molecule has 1 aliphatic rings. The van der Waals surface area contributed by atoms with Crippen molar-refractivity contribution in [3.63, 3.8) is 0 Å². The molecule has 1 heteroatoms. The second-order valence-corrected chi connectivity index (χ2v) is 5.62. The van der Waals surface area contributed by atoms with Crippen LogP contribution in [0.4, 0.5) is 0 Å². The molecule has 0 saturated heterocycles. The van der Waals surface area contributed by atoms with Crippen molar-refractivity contribution in [2.24, 2.45) is 0 Å². The Hall–Kier alpha value is -1.60. The van der Waals surface area contributed by atoms with Gasteiger partial charge in [-0.3, -0.25) is 0 Å². The Labute approximate surface area is 121 Å². The maximum atomic E-state index is 5.77. The fourth-order valence-corrected chi connectivity index (χ4v) is 3.16. The first kappa shape index (κ1) is 13.4. The van der Waals surface area contributed by atoms with Crippen molar-refractivity contribution in [2.75, 3.05) is 6.61 Å². The third-order valence-electron chi connectivity index (χ3n) is 4.25. The molecule has 0 heterocycles. The van der Waals surface area contributed by atoms with Gasteiger partial charge < -0.3 is 4.74 Å². The van der Waals surface area contributed by atoms with Crippen molar-refractivity contribution in [2.45, 2.75) is 39.2 Å². The van der Waals surface area contributed by atoms with E-state index < -0.39 is 0 Å². The first-order valence-electron chi connectivity index (χ1n) is 7.57. The van der Waals surface area contributed by atoms with Crippen LogP contribution in [0.25, 0.3) is 11.1 Å². The molecule has 0 amide bonds. The molecule has 0 N–H and O–H groups in total. The quantitative estimate of drug-likeness (QED) is 0.791. The summed E-state index contributed by atoms with van der Waals surface area (Å²) in [4.78, 5) is 0. The Morgan fingerprint density at radius 3 is 2.75 bits per heavy atom. The molecule has 20 heavy (non-hydrogen) atoms. The van der Waals surface area contributed by atoms with E-state index in [2.05, 4.69) is 56.3 Å². The van der Waals surface area contributed by atoms with Gasteiger partial charge in [0.1, 0.15) is 0 Å². The van der Waals surface area contributed by atoms with Crippen LogP contribution >= 0.6 is 0 Å². The summed E-state index contributed by atoms with van der Waals surface area (Å²) in [6.45, 7) is 5.08. The van der Waals surface area contributed by atoms with Gasteiger partial charge in [-0.15, -0.1) is 0 Å². The number of hydrogen-bond acceptors (Lipinski definition) is 1. The minimum absolute atomic E-state index is 0.414. The SMILES string of the molecule is CCOC1CCc2cc(-c3ccccc3C)ccc2C1. The first-order chi connectivity index (χ1) is 9.78. The summed E-state index contributed by atoms with van der Waals surface area (Å²) in [7, 11) is 0. The molecule has 0 radical (unpaired) electrons. The third-order valence-corrected chi connectivity index (χ3v) is 4.25. The van der Waals surface area contributed by atoms with Gasteiger partial charge in [0.2, 0.25) is 0 Å². The Morgan fingerprint density at radius 2 is 1.95 bits per heavy atom. The van der Waals surface area contributed by atoms with E-state index >= 15 is 0 Å². The van der Waals surface area contributed by atoms with E-state index in [1.54, 1.807) is 0 Å². The lowest BCUT2D eigenvalue weighted by atomic mass is 9.87. The van der Waals surface area contributed by atoms with Crippen molar-refractivity contribution in [1.29, 1.82) is 0 Å². The molecule has 0 aromatic heterocycles. The summed E-state index contributed by atoms with van der Waals surface area (Å²) in [6, 6.07) is 15.5. The normalized spacial score (nSPS) is 17.8. The zero-order valence-electron chi connectivity index (χ0n) is 12.4. The zero-order valence-corrected chi connectivity index (χ0v) is 12.4. The summed E-state index contributed by atoms with van der Waals surface area (Å²) >= 11 is 0. The van der Waals surface area contributed by atoms with Gasteiger partial charge in [-0.1, -0.05) is 42.5 Å². The van der Waals surface area contributed by atoms with Gasteiger partial charge in [0, 0.05) is 6.61 Å². The Morgan fingerprint density at radius 1 is 1.10 bits per heavy atom. The summed E-state index contributed by atoms with van der Waals surface area (Å²) in [5, 5.41) is 0. The van der Waals surface area contributed by atoms with Crippen LogP contribution in [0.1, 0.15) is 30.0 Å². The molecule has 3 rings (SSSR count). The fraction of sp³-hybridized carbons (Fsp3) is 0.368. The average molecular weight is 266 g/mol. The molecule has 1 nitrogen and oxygen atoms in total. The number of benzene rings is 2. The largest absolute Gasteiger partial charge is 0.378 e. The summed E-state index contributed by atoms with van der Waals surface area (Å²) in [5.74, 6) is 0. The van der Waals surface area contributed by atoms with Crippen LogP contribution in [-0.2, 0) is 17.6 Å². The van der Waals surface area contributed by atoms with Crippen LogP contribution in [0, 0.1) is 6.92 Å². The van der Waals surface area contributed by atoms with Crippen LogP contribution in [0.5, 0.6) is 0 Å². The van der Waals surface area contributed by atoms with E-state index in [9.17, 15) is 0 Å². The molecule has 0 aliphatic heterocycles. The lowest BCUT2D eigenvalue weighted by Crippen LogP contribution is -2.22. The maximum absolute atomic E-state index is 5.77. The van der Waals surface area contributed by atoms with E-state index in [4.69, 9.17) is 4.74 Å². The maximum Gasteiger partial charge on any atom is 0.0618 e. The predicted molar refractivity (Wildman–Crippen MR) is 84.1 cm³/mol. The van der Waals surface area contributed by atoms with E-state index in [-0.39, 0.29) is 0 Å². The summed E-state index contributed by atoms with van der Waals surface area (Å²) < 4.78 is 5.77. The van der Waals surface area contributed by atoms with Crippen LogP contribution in [0.15, 0.2) is 42.5 Å². The van der Waals surface area contributed by atoms with Crippen LogP contribution < -0.4 is 0 Å². The van der Waals surface area contributed by atoms with Crippen LogP contribution in [0.3, 0.4) is 0 Å². The monoisotopic (exact) mass is 266 g/mol. The molecule has 2 aromatic rings. The zero-order chi connectivity index (χ0) is 13.9. The predicted octanol–water partition coefficient (Wildman–Crippen LogP) is 4.56. The van der Waals surface area contributed by atoms with E-state index in [0.29, 0.717) is 6.10 Å². The van der Waals surface area contributed by atoms with Gasteiger partial charge in [-0.25, -0.2) is 0 Å². The second-order valence-electron chi connectivity index (χ2n) is 5.62. The van der Waals surface area contributed by atoms with Crippen molar-refractivity contribution < 1.29 is 4.74 Å². The molecule has 1 unspecified atom stereocenters. The van der Waals surface area contributed by atoms with Gasteiger partial charge >= 0.3 is 0 Å². The molecule has 0 bridgehead atoms. The molecule has 0 saturated carbocycles. The lowest BCUT2D eigenvalue weighted by molar-refractivity contribution is 0.0535. The van der Waals surface area contributed by atoms with Gasteiger partial charge in [0.15, 0.2) is 0 Å². The molecule has 2 aromatic carbocycles. The van der Waals surface area contributed by atoms with Gasteiger partial charge in [-0.05, 0) is 60.9 Å². The minimum atomic E-state index is 0.414. The number of fused-ring (bicyclic) bond motifs is 1. The van der Waals surface area contributed by atoms with Crippen molar-refractivity contribution in [3.8, 4) is 11.1 Å². The third kappa shape index (κ3) is 2.64. The Kier molecular flexibility index (Phi) is 3.88. The summed E-state index contributed by atoms with van der Waals surface area (Å²) in [6.07, 6.45) is 3.77. The highest BCUT2D eigenvalue weighted by Crippen LogP contribution is 2.29. The molecule has 1 aliphatic carbocycles. The van der Waals surface area contributed by atoms with Crippen LogP contribution in [-0.4, -0.2) is 12.7 Å². The Balaban J connectivity index is 1.90. The molecule has 104 valence electrons. The van der Waals surface area contributed by atoms with Gasteiger partial charge in [0.25, 0.3) is 0 Å². The number of hydrogen-bond donors (Lipinski definition) is 0. The highest BCUT2D eigenvalue weighted by Gasteiger charge is 2.19. The molecule has 0 fully saturated rings. The van der Waals surface area contributed by atoms with Crippen molar-refractivity contribution in [3.05, 3.63) is 59.2 Å². The highest BCUT2D eigenvalue weighted by molar-refractivity contribution is 5.68. The van der Waals surface area contributed by atoms with Crippen molar-refractivity contribution in [1.82, 2.24) is 0 Å². The van der Waals surface area contributed by atoms with Gasteiger partial charge in [-0.2, -0.15) is 0 Å². The number of ether oxygens (including phenoxy) is 1. The number of aryl methyl sites for hydroxylation is 2. The second kappa shape index (κ2) is 5.80. The van der Waals surface area contributed by atoms with Crippen molar-refractivity contribution >= 4 is 0 Å². The number of rotatable bonds is 3. The van der Waals surface area contributed by atoms with E-state index in [1.807, 2.05) is 0 Å². The first-order valence-corrected chi connectivity index (χ1v) is 7.57. The average Bonchev–Trinajstić information content (AvgIpc) is 2.48. The minimum Gasteiger partial charge on any atom is -0.378 e. The van der Waals surface area contributed by atoms with E-state index in [1.165, 1.54) is 27.8 Å².